The number of rotatable bonds is 7. The summed E-state index contributed by atoms with van der Waals surface area (Å²) in [5.41, 5.74) is 4.20. The molecule has 0 amide bonds. The molecule has 0 spiro atoms. The molecule has 0 saturated carbocycles. The lowest BCUT2D eigenvalue weighted by molar-refractivity contribution is -0.141. The van der Waals surface area contributed by atoms with Crippen molar-refractivity contribution in [1.29, 1.82) is 0 Å². The van der Waals surface area contributed by atoms with Crippen molar-refractivity contribution in [2.24, 2.45) is 10.7 Å². The van der Waals surface area contributed by atoms with Gasteiger partial charge in [-0.25, -0.2) is 8.42 Å². The minimum absolute atomic E-state index is 0.115. The molecule has 0 aliphatic rings. The first-order valence-corrected chi connectivity index (χ1v) is 11.3. The number of alkyl halides is 3. The van der Waals surface area contributed by atoms with Gasteiger partial charge in [0.15, 0.2) is 9.84 Å². The van der Waals surface area contributed by atoms with Crippen molar-refractivity contribution in [2.75, 3.05) is 19.4 Å². The Morgan fingerprint density at radius 2 is 1.97 bits per heavy atom. The second kappa shape index (κ2) is 9.43. The molecule has 0 bridgehead atoms. The number of hydrogen-bond acceptors (Lipinski definition) is 7. The topological polar surface area (TPSA) is 98.8 Å². The van der Waals surface area contributed by atoms with E-state index in [1.807, 2.05) is 0 Å². The molecular formula is C19H19F3N2O4S2. The predicted molar refractivity (Wildman–Crippen MR) is 109 cm³/mol. The standard InChI is InChI=1S/C19H19F3N2O4S2/c1-3-28-18(25)11-24-14(10-17(23)19(20,21)22)16-8-7-15(29-16)12-5-4-6-13(9-12)30(2,26)27/h4-10H,3,11,23H2,1-2H3/b17-10-,24-14?. The van der Waals surface area contributed by atoms with Gasteiger partial charge in [0, 0.05) is 11.1 Å². The molecule has 6 nitrogen and oxygen atoms in total. The molecule has 11 heteroatoms. The van der Waals surface area contributed by atoms with Crippen LogP contribution in [0.2, 0.25) is 0 Å². The first-order chi connectivity index (χ1) is 13.9. The number of carbonyl (C=O) groups is 1. The zero-order chi connectivity index (χ0) is 22.5. The maximum Gasteiger partial charge on any atom is 0.430 e. The Bertz CT molecular complexity index is 1090. The molecule has 162 valence electrons. The van der Waals surface area contributed by atoms with Crippen LogP contribution >= 0.6 is 11.3 Å². The van der Waals surface area contributed by atoms with E-state index in [-0.39, 0.29) is 17.2 Å². The number of benzene rings is 1. The number of nitrogens with zero attached hydrogens (tertiary/aromatic N) is 1. The third kappa shape index (κ3) is 6.42. The van der Waals surface area contributed by atoms with E-state index in [1.165, 1.54) is 18.2 Å². The van der Waals surface area contributed by atoms with Gasteiger partial charge in [-0.1, -0.05) is 12.1 Å². The van der Waals surface area contributed by atoms with E-state index < -0.39 is 34.2 Å². The number of carbonyl (C=O) groups excluding carboxylic acids is 1. The Morgan fingerprint density at radius 1 is 1.27 bits per heavy atom. The van der Waals surface area contributed by atoms with Crippen molar-refractivity contribution in [3.05, 3.63) is 53.0 Å². The number of hydrogen-bond donors (Lipinski definition) is 1. The Morgan fingerprint density at radius 3 is 2.57 bits per heavy atom. The lowest BCUT2D eigenvalue weighted by atomic mass is 10.2. The molecule has 0 fully saturated rings. The van der Waals surface area contributed by atoms with Gasteiger partial charge in [-0.05, 0) is 42.8 Å². The molecular weight excluding hydrogens is 441 g/mol. The van der Waals surface area contributed by atoms with Crippen molar-refractivity contribution < 1.29 is 31.1 Å². The van der Waals surface area contributed by atoms with E-state index >= 15 is 0 Å². The zero-order valence-corrected chi connectivity index (χ0v) is 17.7. The van der Waals surface area contributed by atoms with Crippen molar-refractivity contribution in [3.8, 4) is 10.4 Å². The van der Waals surface area contributed by atoms with Gasteiger partial charge in [0.25, 0.3) is 0 Å². The molecule has 0 aliphatic carbocycles. The molecule has 0 atom stereocenters. The maximum atomic E-state index is 12.9. The lowest BCUT2D eigenvalue weighted by Crippen LogP contribution is -2.21. The molecule has 30 heavy (non-hydrogen) atoms. The smallest absolute Gasteiger partial charge is 0.430 e. The second-order valence-electron chi connectivity index (χ2n) is 6.07. The number of sulfone groups is 1. The normalized spacial score (nSPS) is 13.4. The number of allylic oxidation sites excluding steroid dienone is 2. The summed E-state index contributed by atoms with van der Waals surface area (Å²) in [5.74, 6) is -0.688. The van der Waals surface area contributed by atoms with Gasteiger partial charge in [-0.2, -0.15) is 13.2 Å². The quantitative estimate of drug-likeness (QED) is 0.503. The summed E-state index contributed by atoms with van der Waals surface area (Å²) in [6.07, 6.45) is -3.02. The summed E-state index contributed by atoms with van der Waals surface area (Å²) < 4.78 is 66.9. The number of esters is 1. The fourth-order valence-corrected chi connectivity index (χ4v) is 3.94. The summed E-state index contributed by atoms with van der Waals surface area (Å²) in [4.78, 5) is 16.5. The van der Waals surface area contributed by atoms with Gasteiger partial charge in [-0.15, -0.1) is 11.3 Å². The Labute approximate surface area is 175 Å². The van der Waals surface area contributed by atoms with E-state index in [0.717, 1.165) is 17.6 Å². The first-order valence-electron chi connectivity index (χ1n) is 8.57. The Balaban J connectivity index is 2.45. The van der Waals surface area contributed by atoms with Crippen LogP contribution in [-0.4, -0.2) is 45.7 Å². The average Bonchev–Trinajstić information content (AvgIpc) is 3.14. The Kier molecular flexibility index (Phi) is 7.43. The van der Waals surface area contributed by atoms with Crippen LogP contribution < -0.4 is 5.73 Å². The van der Waals surface area contributed by atoms with Crippen molar-refractivity contribution >= 4 is 32.9 Å². The third-order valence-corrected chi connectivity index (χ3v) is 5.98. The van der Waals surface area contributed by atoms with E-state index in [1.54, 1.807) is 25.1 Å². The minimum atomic E-state index is -4.76. The van der Waals surface area contributed by atoms with Gasteiger partial charge in [0.1, 0.15) is 12.2 Å². The summed E-state index contributed by atoms with van der Waals surface area (Å²) in [5, 5.41) is 0. The first kappa shape index (κ1) is 23.6. The fourth-order valence-electron chi connectivity index (χ4n) is 2.29. The van der Waals surface area contributed by atoms with Gasteiger partial charge in [0.05, 0.1) is 22.1 Å². The van der Waals surface area contributed by atoms with Crippen LogP contribution in [-0.2, 0) is 19.4 Å². The average molecular weight is 460 g/mol. The SMILES string of the molecule is CCOC(=O)CN=C(/C=C(\N)C(F)(F)F)c1ccc(-c2cccc(S(C)(=O)=O)c2)s1. The van der Waals surface area contributed by atoms with E-state index in [2.05, 4.69) is 4.99 Å². The number of aliphatic imine (C=N–C) groups is 1. The summed E-state index contributed by atoms with van der Waals surface area (Å²) in [6, 6.07) is 9.32. The van der Waals surface area contributed by atoms with E-state index in [0.29, 0.717) is 21.4 Å². The summed E-state index contributed by atoms with van der Waals surface area (Å²) >= 11 is 1.09. The second-order valence-corrected chi connectivity index (χ2v) is 9.17. The molecule has 1 aromatic heterocycles. The summed E-state index contributed by atoms with van der Waals surface area (Å²) in [7, 11) is -3.42. The largest absolute Gasteiger partial charge is 0.465 e. The van der Waals surface area contributed by atoms with Crippen LogP contribution in [0.1, 0.15) is 11.8 Å². The molecule has 1 aromatic carbocycles. The molecule has 0 saturated heterocycles. The molecule has 2 N–H and O–H groups in total. The molecule has 0 radical (unpaired) electrons. The van der Waals surface area contributed by atoms with Crippen LogP contribution in [0.15, 0.2) is 58.1 Å². The minimum Gasteiger partial charge on any atom is -0.465 e. The van der Waals surface area contributed by atoms with Crippen LogP contribution in [0.25, 0.3) is 10.4 Å². The van der Waals surface area contributed by atoms with E-state index in [9.17, 15) is 26.4 Å². The van der Waals surface area contributed by atoms with Crippen LogP contribution in [0, 0.1) is 0 Å². The lowest BCUT2D eigenvalue weighted by Gasteiger charge is -2.07. The van der Waals surface area contributed by atoms with Gasteiger partial charge in [-0.3, -0.25) is 9.79 Å². The highest BCUT2D eigenvalue weighted by atomic mass is 32.2. The van der Waals surface area contributed by atoms with E-state index in [4.69, 9.17) is 10.5 Å². The number of nitrogens with two attached hydrogens (primary N) is 1. The van der Waals surface area contributed by atoms with Gasteiger partial charge < -0.3 is 10.5 Å². The summed E-state index contributed by atoms with van der Waals surface area (Å²) in [6.45, 7) is 1.24. The highest BCUT2D eigenvalue weighted by Crippen LogP contribution is 2.31. The van der Waals surface area contributed by atoms with Crippen LogP contribution in [0.5, 0.6) is 0 Å². The van der Waals surface area contributed by atoms with Crippen LogP contribution in [0.3, 0.4) is 0 Å². The molecule has 0 unspecified atom stereocenters. The highest BCUT2D eigenvalue weighted by molar-refractivity contribution is 7.90. The van der Waals surface area contributed by atoms with Crippen molar-refractivity contribution in [3.63, 3.8) is 0 Å². The van der Waals surface area contributed by atoms with Gasteiger partial charge in [0.2, 0.25) is 0 Å². The number of halogens is 3. The maximum absolute atomic E-state index is 12.9. The van der Waals surface area contributed by atoms with Gasteiger partial charge >= 0.3 is 12.1 Å². The molecule has 1 heterocycles. The fraction of sp³-hybridized carbons (Fsp3) is 0.263. The molecule has 2 aromatic rings. The monoisotopic (exact) mass is 460 g/mol. The molecule has 2 rings (SSSR count). The van der Waals surface area contributed by atoms with Crippen LogP contribution in [0.4, 0.5) is 13.2 Å². The highest BCUT2D eigenvalue weighted by Gasteiger charge is 2.32. The third-order valence-electron chi connectivity index (χ3n) is 3.71. The van der Waals surface area contributed by atoms with Crippen molar-refractivity contribution in [2.45, 2.75) is 18.0 Å². The zero-order valence-electron chi connectivity index (χ0n) is 16.1. The van der Waals surface area contributed by atoms with Crippen molar-refractivity contribution in [1.82, 2.24) is 0 Å². The predicted octanol–water partition coefficient (Wildman–Crippen LogP) is 3.58. The number of ether oxygens (including phenoxy) is 1. The molecule has 0 aliphatic heterocycles. The number of thiophene rings is 1. The Hall–Kier alpha value is -2.66.